The van der Waals surface area contributed by atoms with Crippen LogP contribution < -0.4 is 4.90 Å². The Balaban J connectivity index is 1.97. The average Bonchev–Trinajstić information content (AvgIpc) is 3.00. The monoisotopic (exact) mass is 493 g/mol. The summed E-state index contributed by atoms with van der Waals surface area (Å²) in [5, 5.41) is 11.2. The van der Waals surface area contributed by atoms with Gasteiger partial charge in [0, 0.05) is 15.7 Å². The van der Waals surface area contributed by atoms with E-state index in [-0.39, 0.29) is 11.3 Å². The van der Waals surface area contributed by atoms with E-state index in [9.17, 15) is 19.1 Å². The van der Waals surface area contributed by atoms with Gasteiger partial charge in [0.05, 0.1) is 11.6 Å². The summed E-state index contributed by atoms with van der Waals surface area (Å²) in [6.45, 7) is 5.68. The maximum absolute atomic E-state index is 13.6. The number of hydrogen-bond acceptors (Lipinski definition) is 3. The van der Waals surface area contributed by atoms with E-state index in [1.165, 1.54) is 29.2 Å². The maximum Gasteiger partial charge on any atom is 0.300 e. The van der Waals surface area contributed by atoms with E-state index >= 15 is 0 Å². The minimum absolute atomic E-state index is 0.0255. The number of aryl methyl sites for hydroxylation is 3. The maximum atomic E-state index is 13.6. The molecular weight excluding hydrogens is 473 g/mol. The van der Waals surface area contributed by atoms with Crippen LogP contribution in [0.4, 0.5) is 10.1 Å². The van der Waals surface area contributed by atoms with Gasteiger partial charge < -0.3 is 5.11 Å². The van der Waals surface area contributed by atoms with Gasteiger partial charge in [-0.15, -0.1) is 0 Å². The van der Waals surface area contributed by atoms with E-state index < -0.39 is 23.5 Å². The molecule has 1 aliphatic heterocycles. The molecule has 0 aromatic heterocycles. The Bertz CT molecular complexity index is 1260. The fourth-order valence-corrected chi connectivity index (χ4v) is 4.34. The molecule has 162 valence electrons. The Morgan fingerprint density at radius 1 is 0.938 bits per heavy atom. The van der Waals surface area contributed by atoms with Crippen LogP contribution in [0.25, 0.3) is 5.76 Å². The number of anilines is 1. The van der Waals surface area contributed by atoms with E-state index in [4.69, 9.17) is 0 Å². The lowest BCUT2D eigenvalue weighted by molar-refractivity contribution is -0.132. The van der Waals surface area contributed by atoms with E-state index in [2.05, 4.69) is 15.9 Å². The summed E-state index contributed by atoms with van der Waals surface area (Å²) < 4.78 is 14.5. The lowest BCUT2D eigenvalue weighted by atomic mass is 9.94. The number of rotatable bonds is 3. The Kier molecular flexibility index (Phi) is 5.73. The zero-order valence-corrected chi connectivity index (χ0v) is 19.4. The number of nitrogens with zero attached hydrogens (tertiary/aromatic N) is 1. The number of aliphatic hydroxyl groups excluding tert-OH is 1. The third kappa shape index (κ3) is 3.86. The molecule has 1 amide bonds. The van der Waals surface area contributed by atoms with Crippen molar-refractivity contribution in [3.05, 3.63) is 104 Å². The highest BCUT2D eigenvalue weighted by molar-refractivity contribution is 9.10. The first-order valence-corrected chi connectivity index (χ1v) is 10.9. The standard InChI is InChI=1S/C26H21BrFNO3/c1-14-10-15(2)12-20(11-14)29-23(17-4-7-19(28)8-5-17)22(25(31)26(29)32)24(30)18-6-9-21(27)16(3)13-18/h4-13,23,30H,1-3H3/b24-22-. The molecule has 1 heterocycles. The highest BCUT2D eigenvalue weighted by Crippen LogP contribution is 2.42. The summed E-state index contributed by atoms with van der Waals surface area (Å²) in [6.07, 6.45) is 0. The minimum Gasteiger partial charge on any atom is -0.507 e. The summed E-state index contributed by atoms with van der Waals surface area (Å²) >= 11 is 3.43. The van der Waals surface area contributed by atoms with Crippen molar-refractivity contribution in [3.8, 4) is 0 Å². The lowest BCUT2D eigenvalue weighted by Gasteiger charge is -2.26. The highest BCUT2D eigenvalue weighted by atomic mass is 79.9. The SMILES string of the molecule is Cc1cc(C)cc(N2C(=O)C(=O)/C(=C(\O)c3ccc(Br)c(C)c3)C2c2ccc(F)cc2)c1. The van der Waals surface area contributed by atoms with Crippen LogP contribution in [0.3, 0.4) is 0 Å². The Morgan fingerprint density at radius 2 is 1.56 bits per heavy atom. The highest BCUT2D eigenvalue weighted by Gasteiger charge is 2.47. The number of benzene rings is 3. The van der Waals surface area contributed by atoms with E-state index in [1.807, 2.05) is 39.0 Å². The minimum atomic E-state index is -0.888. The molecular formula is C26H21BrFNO3. The molecule has 3 aromatic carbocycles. The van der Waals surface area contributed by atoms with Gasteiger partial charge in [0.15, 0.2) is 0 Å². The predicted octanol–water partition coefficient (Wildman–Crippen LogP) is 6.14. The van der Waals surface area contributed by atoms with Crippen molar-refractivity contribution in [2.24, 2.45) is 0 Å². The first-order valence-electron chi connectivity index (χ1n) is 10.1. The molecule has 6 heteroatoms. The van der Waals surface area contributed by atoms with Crippen LogP contribution in [-0.4, -0.2) is 16.8 Å². The van der Waals surface area contributed by atoms with E-state index in [0.717, 1.165) is 21.2 Å². The van der Waals surface area contributed by atoms with Crippen LogP contribution in [0, 0.1) is 26.6 Å². The van der Waals surface area contributed by atoms with Gasteiger partial charge in [0.1, 0.15) is 11.6 Å². The molecule has 1 saturated heterocycles. The summed E-state index contributed by atoms with van der Waals surface area (Å²) in [4.78, 5) is 27.8. The smallest absolute Gasteiger partial charge is 0.300 e. The lowest BCUT2D eigenvalue weighted by Crippen LogP contribution is -2.29. The number of Topliss-reactive ketones (excluding diaryl/α,β-unsaturated/α-hetero) is 1. The first kappa shape index (κ1) is 22.0. The topological polar surface area (TPSA) is 57.6 Å². The molecule has 1 unspecified atom stereocenters. The molecule has 0 radical (unpaired) electrons. The predicted molar refractivity (Wildman–Crippen MR) is 126 cm³/mol. The molecule has 1 fully saturated rings. The Morgan fingerprint density at radius 3 is 2.16 bits per heavy atom. The molecule has 4 nitrogen and oxygen atoms in total. The summed E-state index contributed by atoms with van der Waals surface area (Å²) in [5.74, 6) is -2.21. The van der Waals surface area contributed by atoms with Crippen molar-refractivity contribution in [3.63, 3.8) is 0 Å². The van der Waals surface area contributed by atoms with Crippen LogP contribution in [0.1, 0.15) is 33.9 Å². The number of ketones is 1. The van der Waals surface area contributed by atoms with Gasteiger partial charge in [-0.05, 0) is 79.4 Å². The van der Waals surface area contributed by atoms with Crippen LogP contribution in [-0.2, 0) is 9.59 Å². The second kappa shape index (κ2) is 8.36. The number of hydrogen-bond donors (Lipinski definition) is 1. The van der Waals surface area contributed by atoms with Crippen molar-refractivity contribution in [2.45, 2.75) is 26.8 Å². The zero-order chi connectivity index (χ0) is 23.2. The third-order valence-corrected chi connectivity index (χ3v) is 6.44. The van der Waals surface area contributed by atoms with Gasteiger partial charge in [-0.1, -0.05) is 40.2 Å². The van der Waals surface area contributed by atoms with Crippen LogP contribution in [0.5, 0.6) is 0 Å². The normalized spacial score (nSPS) is 17.8. The summed E-state index contributed by atoms with van der Waals surface area (Å²) in [5.41, 5.74) is 4.21. The first-order chi connectivity index (χ1) is 15.2. The number of carbonyl (C=O) groups excluding carboxylic acids is 2. The second-order valence-electron chi connectivity index (χ2n) is 8.03. The number of aliphatic hydroxyl groups is 1. The molecule has 32 heavy (non-hydrogen) atoms. The molecule has 0 saturated carbocycles. The Hall–Kier alpha value is -3.25. The van der Waals surface area contributed by atoms with Gasteiger partial charge in [-0.25, -0.2) is 4.39 Å². The van der Waals surface area contributed by atoms with Gasteiger partial charge in [-0.3, -0.25) is 14.5 Å². The molecule has 0 aliphatic carbocycles. The number of carbonyl (C=O) groups is 2. The average molecular weight is 494 g/mol. The summed E-state index contributed by atoms with van der Waals surface area (Å²) in [7, 11) is 0. The van der Waals surface area contributed by atoms with Gasteiger partial charge >= 0.3 is 0 Å². The molecule has 0 bridgehead atoms. The largest absolute Gasteiger partial charge is 0.507 e. The van der Waals surface area contributed by atoms with Gasteiger partial charge in [-0.2, -0.15) is 0 Å². The van der Waals surface area contributed by atoms with Crippen molar-refractivity contribution in [1.29, 1.82) is 0 Å². The molecule has 0 spiro atoms. The third-order valence-electron chi connectivity index (χ3n) is 5.55. The van der Waals surface area contributed by atoms with Gasteiger partial charge in [0.25, 0.3) is 11.7 Å². The molecule has 3 aromatic rings. The van der Waals surface area contributed by atoms with Crippen molar-refractivity contribution >= 4 is 39.1 Å². The molecule has 1 atom stereocenters. The van der Waals surface area contributed by atoms with Crippen molar-refractivity contribution in [1.82, 2.24) is 0 Å². The molecule has 1 N–H and O–H groups in total. The van der Waals surface area contributed by atoms with Crippen LogP contribution >= 0.6 is 15.9 Å². The van der Waals surface area contributed by atoms with Crippen LogP contribution in [0.2, 0.25) is 0 Å². The quantitative estimate of drug-likeness (QED) is 0.270. The second-order valence-corrected chi connectivity index (χ2v) is 8.88. The van der Waals surface area contributed by atoms with E-state index in [0.29, 0.717) is 16.8 Å². The zero-order valence-electron chi connectivity index (χ0n) is 17.8. The number of halogens is 2. The number of amides is 1. The van der Waals surface area contributed by atoms with Gasteiger partial charge in [0.2, 0.25) is 0 Å². The Labute approximate surface area is 194 Å². The van der Waals surface area contributed by atoms with Crippen molar-refractivity contribution < 1.29 is 19.1 Å². The summed E-state index contributed by atoms with van der Waals surface area (Å²) in [6, 6.07) is 15.5. The van der Waals surface area contributed by atoms with E-state index in [1.54, 1.807) is 18.2 Å². The fraction of sp³-hybridized carbons (Fsp3) is 0.154. The molecule has 1 aliphatic rings. The van der Waals surface area contributed by atoms with Crippen LogP contribution in [0.15, 0.2) is 70.7 Å². The fourth-order valence-electron chi connectivity index (χ4n) is 4.10. The van der Waals surface area contributed by atoms with Crippen molar-refractivity contribution in [2.75, 3.05) is 4.90 Å². The molecule has 4 rings (SSSR count).